The number of rotatable bonds is 4. The summed E-state index contributed by atoms with van der Waals surface area (Å²) in [5.74, 6) is -1.43. The molecule has 0 aliphatic rings. The summed E-state index contributed by atoms with van der Waals surface area (Å²) in [5.41, 5.74) is 6.07. The Hall–Kier alpha value is -2.57. The van der Waals surface area contributed by atoms with Gasteiger partial charge in [0.05, 0.1) is 4.92 Å². The molecule has 0 amide bonds. The summed E-state index contributed by atoms with van der Waals surface area (Å²) in [4.78, 5) is 13.9. The third-order valence-electron chi connectivity index (χ3n) is 2.82. The van der Waals surface area contributed by atoms with E-state index in [1.807, 2.05) is 0 Å². The van der Waals surface area contributed by atoms with Gasteiger partial charge in [-0.15, -0.1) is 0 Å². The lowest BCUT2D eigenvalue weighted by Crippen LogP contribution is -2.03. The maximum Gasteiger partial charge on any atom is 0.311 e. The number of aromatic nitrogens is 1. The van der Waals surface area contributed by atoms with Crippen LogP contribution in [0.25, 0.3) is 0 Å². The van der Waals surface area contributed by atoms with Crippen LogP contribution < -0.4 is 5.73 Å². The number of nitrogen functional groups attached to an aromatic ring is 1. The molecule has 0 fully saturated rings. The smallest absolute Gasteiger partial charge is 0.311 e. The first kappa shape index (κ1) is 13.9. The first-order valence-corrected chi connectivity index (χ1v) is 5.81. The number of pyridine rings is 1. The van der Waals surface area contributed by atoms with Gasteiger partial charge < -0.3 is 5.73 Å². The zero-order valence-corrected chi connectivity index (χ0v) is 10.3. The van der Waals surface area contributed by atoms with Crippen molar-refractivity contribution in [2.75, 3.05) is 5.73 Å². The number of hydrogen-bond acceptors (Lipinski definition) is 4. The van der Waals surface area contributed by atoms with Gasteiger partial charge in [0.15, 0.2) is 0 Å². The topological polar surface area (TPSA) is 82.0 Å². The Morgan fingerprint density at radius 3 is 2.55 bits per heavy atom. The van der Waals surface area contributed by atoms with E-state index in [4.69, 9.17) is 5.73 Å². The third-order valence-corrected chi connectivity index (χ3v) is 2.82. The van der Waals surface area contributed by atoms with E-state index in [-0.39, 0.29) is 11.5 Å². The van der Waals surface area contributed by atoms with Crippen molar-refractivity contribution in [1.29, 1.82) is 0 Å². The Bertz CT molecular complexity index is 662. The molecule has 0 saturated carbocycles. The average Bonchev–Trinajstić information content (AvgIpc) is 2.37. The van der Waals surface area contributed by atoms with Crippen molar-refractivity contribution < 1.29 is 13.7 Å². The van der Waals surface area contributed by atoms with Gasteiger partial charge in [-0.2, -0.15) is 0 Å². The van der Waals surface area contributed by atoms with Crippen LogP contribution >= 0.6 is 0 Å². The standard InChI is InChI=1S/C13H11F2N3O2/c14-9-3-1-8(11(15)7-9)2-4-10-5-6-12(18(19)20)13(16)17-10/h1,3,5-7H,2,4H2,(H2,16,17). The van der Waals surface area contributed by atoms with Crippen LogP contribution in [0, 0.1) is 21.7 Å². The van der Waals surface area contributed by atoms with E-state index in [0.717, 1.165) is 6.07 Å². The summed E-state index contributed by atoms with van der Waals surface area (Å²) in [5, 5.41) is 10.6. The minimum atomic E-state index is -0.635. The highest BCUT2D eigenvalue weighted by Gasteiger charge is 2.13. The molecule has 1 heterocycles. The second-order valence-corrected chi connectivity index (χ2v) is 4.20. The second-order valence-electron chi connectivity index (χ2n) is 4.20. The maximum atomic E-state index is 13.4. The largest absolute Gasteiger partial charge is 0.378 e. The number of aryl methyl sites for hydroxylation is 2. The number of benzene rings is 1. The first-order chi connectivity index (χ1) is 9.47. The Labute approximate surface area is 113 Å². The van der Waals surface area contributed by atoms with Gasteiger partial charge in [-0.1, -0.05) is 6.07 Å². The van der Waals surface area contributed by atoms with Gasteiger partial charge in [0.1, 0.15) is 11.6 Å². The van der Waals surface area contributed by atoms with Crippen molar-refractivity contribution in [2.45, 2.75) is 12.8 Å². The molecule has 20 heavy (non-hydrogen) atoms. The lowest BCUT2D eigenvalue weighted by molar-refractivity contribution is -0.384. The van der Waals surface area contributed by atoms with Crippen LogP contribution in [0.1, 0.15) is 11.3 Å². The maximum absolute atomic E-state index is 13.4. The number of nitro groups is 1. The number of nitrogens with two attached hydrogens (primary N) is 1. The zero-order valence-electron chi connectivity index (χ0n) is 10.3. The molecule has 104 valence electrons. The molecule has 1 aromatic carbocycles. The predicted octanol–water partition coefficient (Wildman–Crippen LogP) is 2.64. The highest BCUT2D eigenvalue weighted by molar-refractivity contribution is 5.52. The van der Waals surface area contributed by atoms with Gasteiger partial charge >= 0.3 is 5.69 Å². The normalized spacial score (nSPS) is 10.5. The van der Waals surface area contributed by atoms with Crippen LogP contribution in [0.15, 0.2) is 30.3 Å². The molecular formula is C13H11F2N3O2. The summed E-state index contributed by atoms with van der Waals surface area (Å²) in [6, 6.07) is 6.08. The summed E-state index contributed by atoms with van der Waals surface area (Å²) < 4.78 is 26.2. The van der Waals surface area contributed by atoms with Gasteiger partial charge in [-0.25, -0.2) is 13.8 Å². The fourth-order valence-electron chi connectivity index (χ4n) is 1.79. The average molecular weight is 279 g/mol. The molecule has 1 aromatic heterocycles. The molecule has 0 bridgehead atoms. The van der Waals surface area contributed by atoms with Crippen LogP contribution in [0.4, 0.5) is 20.3 Å². The van der Waals surface area contributed by atoms with Crippen molar-refractivity contribution in [3.63, 3.8) is 0 Å². The van der Waals surface area contributed by atoms with Crippen molar-refractivity contribution in [3.05, 3.63) is 63.3 Å². The van der Waals surface area contributed by atoms with Crippen LogP contribution in [0.3, 0.4) is 0 Å². The summed E-state index contributed by atoms with van der Waals surface area (Å²) >= 11 is 0. The predicted molar refractivity (Wildman–Crippen MR) is 69.1 cm³/mol. The van der Waals surface area contributed by atoms with Gasteiger partial charge in [0.2, 0.25) is 5.82 Å². The van der Waals surface area contributed by atoms with Crippen molar-refractivity contribution in [1.82, 2.24) is 4.98 Å². The molecule has 2 N–H and O–H groups in total. The van der Waals surface area contributed by atoms with Crippen LogP contribution in [0.2, 0.25) is 0 Å². The molecular weight excluding hydrogens is 268 g/mol. The second kappa shape index (κ2) is 5.60. The Morgan fingerprint density at radius 2 is 1.95 bits per heavy atom. The van der Waals surface area contributed by atoms with Crippen molar-refractivity contribution in [3.8, 4) is 0 Å². The van der Waals surface area contributed by atoms with Crippen LogP contribution in [-0.4, -0.2) is 9.91 Å². The molecule has 0 radical (unpaired) electrons. The molecule has 0 unspecified atom stereocenters. The van der Waals surface area contributed by atoms with Crippen molar-refractivity contribution >= 4 is 11.5 Å². The van der Waals surface area contributed by atoms with E-state index < -0.39 is 16.6 Å². The molecule has 0 aliphatic heterocycles. The zero-order chi connectivity index (χ0) is 14.7. The number of hydrogen-bond donors (Lipinski definition) is 1. The SMILES string of the molecule is Nc1nc(CCc2ccc(F)cc2F)ccc1[N+](=O)[O-]. The molecule has 7 heteroatoms. The Balaban J connectivity index is 2.11. The van der Waals surface area contributed by atoms with Crippen LogP contribution in [0.5, 0.6) is 0 Å². The number of anilines is 1. The fraction of sp³-hybridized carbons (Fsp3) is 0.154. The Morgan fingerprint density at radius 1 is 1.20 bits per heavy atom. The summed E-state index contributed by atoms with van der Waals surface area (Å²) in [6.45, 7) is 0. The minimum Gasteiger partial charge on any atom is -0.378 e. The third kappa shape index (κ3) is 3.05. The highest BCUT2D eigenvalue weighted by atomic mass is 19.1. The fourth-order valence-corrected chi connectivity index (χ4v) is 1.79. The molecule has 0 aliphatic carbocycles. The van der Waals surface area contributed by atoms with E-state index in [2.05, 4.69) is 4.98 Å². The Kier molecular flexibility index (Phi) is 3.88. The molecule has 0 spiro atoms. The van der Waals surface area contributed by atoms with E-state index in [1.165, 1.54) is 24.3 Å². The van der Waals surface area contributed by atoms with Gasteiger partial charge in [0.25, 0.3) is 0 Å². The lowest BCUT2D eigenvalue weighted by atomic mass is 10.1. The van der Waals surface area contributed by atoms with Gasteiger partial charge in [0, 0.05) is 17.8 Å². The quantitative estimate of drug-likeness (QED) is 0.689. The van der Waals surface area contributed by atoms with E-state index in [1.54, 1.807) is 0 Å². The lowest BCUT2D eigenvalue weighted by Gasteiger charge is -2.04. The van der Waals surface area contributed by atoms with E-state index in [9.17, 15) is 18.9 Å². The van der Waals surface area contributed by atoms with E-state index >= 15 is 0 Å². The first-order valence-electron chi connectivity index (χ1n) is 5.81. The number of halogens is 2. The van der Waals surface area contributed by atoms with E-state index in [0.29, 0.717) is 24.1 Å². The van der Waals surface area contributed by atoms with Crippen molar-refractivity contribution in [2.24, 2.45) is 0 Å². The number of nitrogens with zero attached hydrogens (tertiary/aromatic N) is 2. The molecule has 5 nitrogen and oxygen atoms in total. The molecule has 2 rings (SSSR count). The molecule has 0 atom stereocenters. The highest BCUT2D eigenvalue weighted by Crippen LogP contribution is 2.19. The monoisotopic (exact) mass is 279 g/mol. The summed E-state index contributed by atoms with van der Waals surface area (Å²) in [6.07, 6.45) is 0.654. The van der Waals surface area contributed by atoms with Gasteiger partial charge in [-0.3, -0.25) is 10.1 Å². The minimum absolute atomic E-state index is 0.174. The van der Waals surface area contributed by atoms with Crippen LogP contribution in [-0.2, 0) is 12.8 Å². The van der Waals surface area contributed by atoms with Gasteiger partial charge in [-0.05, 0) is 30.5 Å². The summed E-state index contributed by atoms with van der Waals surface area (Å²) in [7, 11) is 0. The molecule has 0 saturated heterocycles. The molecule has 2 aromatic rings.